The lowest BCUT2D eigenvalue weighted by Gasteiger charge is -2.25. The van der Waals surface area contributed by atoms with Crippen molar-refractivity contribution in [2.24, 2.45) is 0 Å². The fourth-order valence-electron chi connectivity index (χ4n) is 3.59. The van der Waals surface area contributed by atoms with Crippen LogP contribution in [0.5, 0.6) is 11.5 Å². The Balaban J connectivity index is 1.46. The van der Waals surface area contributed by atoms with Gasteiger partial charge in [0.1, 0.15) is 25.3 Å². The maximum atomic E-state index is 13.1. The summed E-state index contributed by atoms with van der Waals surface area (Å²) < 4.78 is 11.1. The predicted octanol–water partition coefficient (Wildman–Crippen LogP) is 1.85. The molecule has 1 fully saturated rings. The van der Waals surface area contributed by atoms with Gasteiger partial charge in [0.2, 0.25) is 5.91 Å². The summed E-state index contributed by atoms with van der Waals surface area (Å²) in [4.78, 5) is 38.9. The van der Waals surface area contributed by atoms with Gasteiger partial charge in [0.25, 0.3) is 5.91 Å². The molecule has 2 N–H and O–H groups in total. The molecule has 4 amide bonds. The molecule has 8 heteroatoms. The number of hydrogen-bond donors (Lipinski definition) is 2. The maximum absolute atomic E-state index is 13.1. The fraction of sp³-hybridized carbons (Fsp3) is 0.318. The van der Waals surface area contributed by atoms with Crippen LogP contribution in [0.3, 0.4) is 0 Å². The smallest absolute Gasteiger partial charge is 0.325 e. The van der Waals surface area contributed by atoms with Gasteiger partial charge in [-0.3, -0.25) is 14.5 Å². The van der Waals surface area contributed by atoms with E-state index in [4.69, 9.17) is 9.47 Å². The fourth-order valence-corrected chi connectivity index (χ4v) is 3.59. The Morgan fingerprint density at radius 1 is 1.13 bits per heavy atom. The van der Waals surface area contributed by atoms with Crippen LogP contribution in [-0.2, 0) is 21.7 Å². The molecule has 2 aromatic rings. The standard InChI is InChI=1S/C22H23N3O5/c1-14-5-3-4-6-15(14)12-23-19(26)13-25-20(27)22(2,24-21(25)28)16-7-8-17-18(11-16)30-10-9-29-17/h3-8,11H,9-10,12-13H2,1-2H3,(H,23,26)(H,24,28)/t22-/m0/s1. The average molecular weight is 409 g/mol. The summed E-state index contributed by atoms with van der Waals surface area (Å²) in [6, 6.07) is 12.2. The van der Waals surface area contributed by atoms with E-state index >= 15 is 0 Å². The molecule has 0 aromatic heterocycles. The van der Waals surface area contributed by atoms with Crippen molar-refractivity contribution in [2.75, 3.05) is 19.8 Å². The quantitative estimate of drug-likeness (QED) is 0.735. The third-order valence-electron chi connectivity index (χ3n) is 5.43. The number of imide groups is 1. The lowest BCUT2D eigenvalue weighted by molar-refractivity contribution is -0.134. The normalized spacial score (nSPS) is 20.1. The van der Waals surface area contributed by atoms with Gasteiger partial charge in [0.05, 0.1) is 0 Å². The van der Waals surface area contributed by atoms with Gasteiger partial charge in [-0.25, -0.2) is 4.79 Å². The first-order valence-corrected chi connectivity index (χ1v) is 9.74. The zero-order valence-corrected chi connectivity index (χ0v) is 16.9. The predicted molar refractivity (Wildman–Crippen MR) is 108 cm³/mol. The van der Waals surface area contributed by atoms with Crippen molar-refractivity contribution < 1.29 is 23.9 Å². The van der Waals surface area contributed by atoms with E-state index in [1.54, 1.807) is 25.1 Å². The summed E-state index contributed by atoms with van der Waals surface area (Å²) in [5, 5.41) is 5.47. The number of nitrogens with zero attached hydrogens (tertiary/aromatic N) is 1. The summed E-state index contributed by atoms with van der Waals surface area (Å²) in [6.07, 6.45) is 0. The molecule has 4 rings (SSSR count). The van der Waals surface area contributed by atoms with Crippen LogP contribution in [0, 0.1) is 6.92 Å². The van der Waals surface area contributed by atoms with Crippen LogP contribution < -0.4 is 20.1 Å². The highest BCUT2D eigenvalue weighted by Gasteiger charge is 2.49. The molecule has 2 heterocycles. The Kier molecular flexibility index (Phi) is 5.07. The molecule has 0 spiro atoms. The van der Waals surface area contributed by atoms with E-state index in [0.29, 0.717) is 36.8 Å². The highest BCUT2D eigenvalue weighted by molar-refractivity contribution is 6.09. The summed E-state index contributed by atoms with van der Waals surface area (Å²) in [7, 11) is 0. The van der Waals surface area contributed by atoms with Crippen LogP contribution in [0.1, 0.15) is 23.6 Å². The van der Waals surface area contributed by atoms with E-state index in [1.807, 2.05) is 31.2 Å². The van der Waals surface area contributed by atoms with E-state index in [0.717, 1.165) is 16.0 Å². The molecular weight excluding hydrogens is 386 g/mol. The highest BCUT2D eigenvalue weighted by atomic mass is 16.6. The van der Waals surface area contributed by atoms with E-state index in [2.05, 4.69) is 10.6 Å². The number of carbonyl (C=O) groups excluding carboxylic acids is 3. The monoisotopic (exact) mass is 409 g/mol. The summed E-state index contributed by atoms with van der Waals surface area (Å²) in [5.41, 5.74) is 1.31. The Morgan fingerprint density at radius 3 is 2.63 bits per heavy atom. The number of hydrogen-bond acceptors (Lipinski definition) is 5. The Bertz CT molecular complexity index is 1020. The first kappa shape index (κ1) is 19.8. The molecular formula is C22H23N3O5. The molecule has 1 atom stereocenters. The van der Waals surface area contributed by atoms with Gasteiger partial charge in [0.15, 0.2) is 11.5 Å². The minimum absolute atomic E-state index is 0.328. The third-order valence-corrected chi connectivity index (χ3v) is 5.43. The van der Waals surface area contributed by atoms with Crippen molar-refractivity contribution in [3.63, 3.8) is 0 Å². The number of benzene rings is 2. The second-order valence-electron chi connectivity index (χ2n) is 7.51. The highest BCUT2D eigenvalue weighted by Crippen LogP contribution is 2.36. The number of urea groups is 1. The van der Waals surface area contributed by atoms with E-state index in [-0.39, 0.29) is 6.54 Å². The Hall–Kier alpha value is -3.55. The minimum atomic E-state index is -1.29. The number of ether oxygens (including phenoxy) is 2. The summed E-state index contributed by atoms with van der Waals surface area (Å²) >= 11 is 0. The number of amides is 4. The molecule has 0 radical (unpaired) electrons. The number of carbonyl (C=O) groups is 3. The van der Waals surface area contributed by atoms with E-state index in [9.17, 15) is 14.4 Å². The van der Waals surface area contributed by atoms with Gasteiger partial charge >= 0.3 is 6.03 Å². The molecule has 8 nitrogen and oxygen atoms in total. The average Bonchev–Trinajstić information content (AvgIpc) is 2.96. The molecule has 0 unspecified atom stereocenters. The molecule has 2 aliphatic heterocycles. The van der Waals surface area contributed by atoms with Crippen molar-refractivity contribution in [2.45, 2.75) is 25.9 Å². The van der Waals surface area contributed by atoms with Crippen LogP contribution in [0.4, 0.5) is 4.79 Å². The second-order valence-corrected chi connectivity index (χ2v) is 7.51. The number of aryl methyl sites for hydroxylation is 1. The van der Waals surface area contributed by atoms with Crippen molar-refractivity contribution in [3.8, 4) is 11.5 Å². The first-order valence-electron chi connectivity index (χ1n) is 9.74. The van der Waals surface area contributed by atoms with Gasteiger partial charge < -0.3 is 20.1 Å². The SMILES string of the molecule is Cc1ccccc1CNC(=O)CN1C(=O)N[C@@](C)(c2ccc3c(c2)OCCO3)C1=O. The van der Waals surface area contributed by atoms with E-state index in [1.165, 1.54) is 0 Å². The molecule has 0 aliphatic carbocycles. The molecule has 1 saturated heterocycles. The summed E-state index contributed by atoms with van der Waals surface area (Å²) in [6.45, 7) is 4.43. The van der Waals surface area contributed by atoms with Crippen LogP contribution in [0.15, 0.2) is 42.5 Å². The molecule has 0 bridgehead atoms. The Morgan fingerprint density at radius 2 is 1.87 bits per heavy atom. The van der Waals surface area contributed by atoms with Gasteiger partial charge in [-0.2, -0.15) is 0 Å². The molecule has 156 valence electrons. The maximum Gasteiger partial charge on any atom is 0.325 e. The number of rotatable bonds is 5. The van der Waals surface area contributed by atoms with Crippen molar-refractivity contribution >= 4 is 17.8 Å². The van der Waals surface area contributed by atoms with Gasteiger partial charge in [-0.15, -0.1) is 0 Å². The number of fused-ring (bicyclic) bond motifs is 1. The topological polar surface area (TPSA) is 97.0 Å². The zero-order chi connectivity index (χ0) is 21.3. The molecule has 2 aromatic carbocycles. The Labute approximate surface area is 174 Å². The van der Waals surface area contributed by atoms with Crippen LogP contribution >= 0.6 is 0 Å². The van der Waals surface area contributed by atoms with Crippen LogP contribution in [-0.4, -0.2) is 42.5 Å². The number of nitrogens with one attached hydrogen (secondary N) is 2. The lowest BCUT2D eigenvalue weighted by Crippen LogP contribution is -2.43. The van der Waals surface area contributed by atoms with Crippen LogP contribution in [0.2, 0.25) is 0 Å². The van der Waals surface area contributed by atoms with Gasteiger partial charge in [-0.05, 0) is 42.7 Å². The zero-order valence-electron chi connectivity index (χ0n) is 16.9. The van der Waals surface area contributed by atoms with Crippen molar-refractivity contribution in [1.29, 1.82) is 0 Å². The van der Waals surface area contributed by atoms with Gasteiger partial charge in [-0.1, -0.05) is 30.3 Å². The minimum Gasteiger partial charge on any atom is -0.486 e. The molecule has 30 heavy (non-hydrogen) atoms. The van der Waals surface area contributed by atoms with Gasteiger partial charge in [0, 0.05) is 6.54 Å². The largest absolute Gasteiger partial charge is 0.486 e. The molecule has 0 saturated carbocycles. The first-order chi connectivity index (χ1) is 14.4. The third kappa shape index (κ3) is 3.56. The van der Waals surface area contributed by atoms with E-state index < -0.39 is 23.4 Å². The van der Waals surface area contributed by atoms with Crippen LogP contribution in [0.25, 0.3) is 0 Å². The second kappa shape index (κ2) is 7.70. The molecule has 2 aliphatic rings. The van der Waals surface area contributed by atoms with Crippen molar-refractivity contribution in [1.82, 2.24) is 15.5 Å². The lowest BCUT2D eigenvalue weighted by atomic mass is 9.91. The van der Waals surface area contributed by atoms with Crippen molar-refractivity contribution in [3.05, 3.63) is 59.2 Å². The summed E-state index contributed by atoms with van der Waals surface area (Å²) in [5.74, 6) is 0.220.